The first-order chi connectivity index (χ1) is 6.63. The van der Waals surface area contributed by atoms with Crippen LogP contribution in [-0.2, 0) is 5.41 Å². The Kier molecular flexibility index (Phi) is 2.36. The van der Waals surface area contributed by atoms with E-state index in [1.165, 1.54) is 17.5 Å². The topological polar surface area (TPSA) is 12.0 Å². The van der Waals surface area contributed by atoms with Crippen LogP contribution in [0.2, 0.25) is 0 Å². The van der Waals surface area contributed by atoms with Gasteiger partial charge in [0.2, 0.25) is 0 Å². The molecule has 1 saturated heterocycles. The van der Waals surface area contributed by atoms with E-state index in [4.69, 9.17) is 0 Å². The third-order valence-corrected chi connectivity index (χ3v) is 3.76. The molecule has 76 valence electrons. The fraction of sp³-hybridized carbons (Fsp3) is 0.538. The number of rotatable bonds is 1. The summed E-state index contributed by atoms with van der Waals surface area (Å²) in [6.45, 7) is 7.93. The van der Waals surface area contributed by atoms with Crippen molar-refractivity contribution in [3.05, 3.63) is 35.4 Å². The molecule has 2 atom stereocenters. The summed E-state index contributed by atoms with van der Waals surface area (Å²) in [6.07, 6.45) is 1.25. The number of aryl methyl sites for hydroxylation is 1. The van der Waals surface area contributed by atoms with E-state index in [2.05, 4.69) is 50.4 Å². The first-order valence-electron chi connectivity index (χ1n) is 5.43. The van der Waals surface area contributed by atoms with Gasteiger partial charge in [0.05, 0.1) is 0 Å². The molecular formula is C13H19N. The van der Waals surface area contributed by atoms with Gasteiger partial charge in [0.25, 0.3) is 0 Å². The second kappa shape index (κ2) is 3.39. The zero-order valence-electron chi connectivity index (χ0n) is 9.30. The van der Waals surface area contributed by atoms with Crippen LogP contribution in [-0.4, -0.2) is 12.6 Å². The molecule has 0 bridgehead atoms. The molecule has 0 spiro atoms. The van der Waals surface area contributed by atoms with Gasteiger partial charge in [-0.3, -0.25) is 0 Å². The van der Waals surface area contributed by atoms with Crippen LogP contribution in [0.1, 0.15) is 31.4 Å². The van der Waals surface area contributed by atoms with Crippen molar-refractivity contribution in [2.45, 2.75) is 38.6 Å². The minimum Gasteiger partial charge on any atom is -0.313 e. The summed E-state index contributed by atoms with van der Waals surface area (Å²) in [7, 11) is 0. The lowest BCUT2D eigenvalue weighted by Crippen LogP contribution is -2.35. The van der Waals surface area contributed by atoms with Crippen molar-refractivity contribution >= 4 is 0 Å². The Hall–Kier alpha value is -0.820. The van der Waals surface area contributed by atoms with Gasteiger partial charge >= 0.3 is 0 Å². The lowest BCUT2D eigenvalue weighted by Gasteiger charge is -2.29. The van der Waals surface area contributed by atoms with Gasteiger partial charge in [-0.15, -0.1) is 0 Å². The van der Waals surface area contributed by atoms with Crippen molar-refractivity contribution < 1.29 is 0 Å². The van der Waals surface area contributed by atoms with Crippen molar-refractivity contribution in [1.82, 2.24) is 5.32 Å². The molecule has 1 aliphatic heterocycles. The molecule has 2 rings (SSSR count). The molecule has 2 unspecified atom stereocenters. The van der Waals surface area contributed by atoms with E-state index < -0.39 is 0 Å². The highest BCUT2D eigenvalue weighted by molar-refractivity contribution is 5.30. The summed E-state index contributed by atoms with van der Waals surface area (Å²) < 4.78 is 0. The average molecular weight is 189 g/mol. The molecule has 1 aliphatic rings. The van der Waals surface area contributed by atoms with E-state index >= 15 is 0 Å². The fourth-order valence-corrected chi connectivity index (χ4v) is 2.32. The average Bonchev–Trinajstić information content (AvgIpc) is 2.49. The van der Waals surface area contributed by atoms with Crippen LogP contribution < -0.4 is 5.32 Å². The summed E-state index contributed by atoms with van der Waals surface area (Å²) in [6, 6.07) is 9.57. The molecule has 0 radical (unpaired) electrons. The predicted molar refractivity (Wildman–Crippen MR) is 60.6 cm³/mol. The number of hydrogen-bond acceptors (Lipinski definition) is 1. The van der Waals surface area contributed by atoms with Crippen LogP contribution in [0.3, 0.4) is 0 Å². The molecule has 1 heterocycles. The zero-order valence-corrected chi connectivity index (χ0v) is 9.30. The summed E-state index contributed by atoms with van der Waals surface area (Å²) in [5.74, 6) is 0. The monoisotopic (exact) mass is 189 g/mol. The summed E-state index contributed by atoms with van der Waals surface area (Å²) in [5, 5.41) is 3.52. The molecule has 0 aromatic heterocycles. The Morgan fingerprint density at radius 3 is 2.43 bits per heavy atom. The van der Waals surface area contributed by atoms with Crippen LogP contribution in [0.4, 0.5) is 0 Å². The molecule has 1 aromatic carbocycles. The predicted octanol–water partition coefficient (Wildman–Crippen LogP) is 2.63. The summed E-state index contributed by atoms with van der Waals surface area (Å²) in [5.41, 5.74) is 3.14. The third kappa shape index (κ3) is 1.46. The van der Waals surface area contributed by atoms with E-state index in [1.54, 1.807) is 0 Å². The Bertz CT molecular complexity index is 315. The minimum absolute atomic E-state index is 0.327. The molecule has 0 aliphatic carbocycles. The zero-order chi connectivity index (χ0) is 10.2. The molecule has 1 fully saturated rings. The van der Waals surface area contributed by atoms with Gasteiger partial charge in [0.15, 0.2) is 0 Å². The SMILES string of the molecule is Cc1ccc(C2(C)CCNC2C)cc1. The molecule has 14 heavy (non-hydrogen) atoms. The van der Waals surface area contributed by atoms with E-state index in [9.17, 15) is 0 Å². The molecule has 0 saturated carbocycles. The van der Waals surface area contributed by atoms with E-state index in [-0.39, 0.29) is 0 Å². The maximum Gasteiger partial charge on any atom is 0.0133 e. The highest BCUT2D eigenvalue weighted by Gasteiger charge is 2.36. The highest BCUT2D eigenvalue weighted by atomic mass is 15.0. The van der Waals surface area contributed by atoms with E-state index in [0.29, 0.717) is 11.5 Å². The van der Waals surface area contributed by atoms with Crippen molar-refractivity contribution in [3.63, 3.8) is 0 Å². The molecule has 0 amide bonds. The number of benzene rings is 1. The van der Waals surface area contributed by atoms with Crippen molar-refractivity contribution in [1.29, 1.82) is 0 Å². The van der Waals surface area contributed by atoms with Crippen LogP contribution in [0, 0.1) is 6.92 Å². The molecule has 1 aromatic rings. The Balaban J connectivity index is 2.34. The fourth-order valence-electron chi connectivity index (χ4n) is 2.32. The van der Waals surface area contributed by atoms with Gasteiger partial charge in [0.1, 0.15) is 0 Å². The van der Waals surface area contributed by atoms with Gasteiger partial charge < -0.3 is 5.32 Å². The Morgan fingerprint density at radius 2 is 1.93 bits per heavy atom. The molecule has 1 heteroatoms. The first-order valence-corrected chi connectivity index (χ1v) is 5.43. The number of hydrogen-bond donors (Lipinski definition) is 1. The van der Waals surface area contributed by atoms with Crippen LogP contribution in [0.25, 0.3) is 0 Å². The molecule has 1 nitrogen and oxygen atoms in total. The minimum atomic E-state index is 0.327. The van der Waals surface area contributed by atoms with Crippen LogP contribution in [0.5, 0.6) is 0 Å². The maximum atomic E-state index is 3.52. The smallest absolute Gasteiger partial charge is 0.0133 e. The Morgan fingerprint density at radius 1 is 1.29 bits per heavy atom. The van der Waals surface area contributed by atoms with Crippen molar-refractivity contribution in [2.75, 3.05) is 6.54 Å². The van der Waals surface area contributed by atoms with E-state index in [0.717, 1.165) is 6.54 Å². The number of nitrogens with one attached hydrogen (secondary N) is 1. The van der Waals surface area contributed by atoms with Crippen LogP contribution >= 0.6 is 0 Å². The quantitative estimate of drug-likeness (QED) is 0.716. The maximum absolute atomic E-state index is 3.52. The van der Waals surface area contributed by atoms with Gasteiger partial charge in [0, 0.05) is 11.5 Å². The lowest BCUT2D eigenvalue weighted by atomic mass is 9.76. The summed E-state index contributed by atoms with van der Waals surface area (Å²) >= 11 is 0. The van der Waals surface area contributed by atoms with Gasteiger partial charge in [-0.2, -0.15) is 0 Å². The van der Waals surface area contributed by atoms with Crippen molar-refractivity contribution in [3.8, 4) is 0 Å². The molecular weight excluding hydrogens is 170 g/mol. The largest absolute Gasteiger partial charge is 0.313 e. The lowest BCUT2D eigenvalue weighted by molar-refractivity contribution is 0.427. The third-order valence-electron chi connectivity index (χ3n) is 3.76. The van der Waals surface area contributed by atoms with Crippen LogP contribution in [0.15, 0.2) is 24.3 Å². The second-order valence-corrected chi connectivity index (χ2v) is 4.71. The summed E-state index contributed by atoms with van der Waals surface area (Å²) in [4.78, 5) is 0. The first kappa shape index (κ1) is 9.72. The molecule has 1 N–H and O–H groups in total. The van der Waals surface area contributed by atoms with Gasteiger partial charge in [-0.25, -0.2) is 0 Å². The van der Waals surface area contributed by atoms with E-state index in [1.807, 2.05) is 0 Å². The van der Waals surface area contributed by atoms with Gasteiger partial charge in [-0.1, -0.05) is 36.8 Å². The standard InChI is InChI=1S/C13H19N/c1-10-4-6-12(7-5-10)13(3)8-9-14-11(13)2/h4-7,11,14H,8-9H2,1-3H3. The highest BCUT2D eigenvalue weighted by Crippen LogP contribution is 2.34. The Labute approximate surface area is 86.5 Å². The normalized spacial score (nSPS) is 32.1. The second-order valence-electron chi connectivity index (χ2n) is 4.71. The van der Waals surface area contributed by atoms with Gasteiger partial charge in [-0.05, 0) is 32.4 Å². The van der Waals surface area contributed by atoms with Crippen molar-refractivity contribution in [2.24, 2.45) is 0 Å².